The fourth-order valence-electron chi connectivity index (χ4n) is 1.53. The van der Waals surface area contributed by atoms with Crippen LogP contribution in [0.25, 0.3) is 0 Å². The predicted octanol–water partition coefficient (Wildman–Crippen LogP) is 1.16. The first-order chi connectivity index (χ1) is 5.39. The first-order valence-electron chi connectivity index (χ1n) is 4.13. The molecule has 0 aliphatic carbocycles. The van der Waals surface area contributed by atoms with Gasteiger partial charge in [-0.3, -0.25) is 9.59 Å². The van der Waals surface area contributed by atoms with Crippen LogP contribution in [0.2, 0.25) is 0 Å². The average molecular weight is 170 g/mol. The maximum atomic E-state index is 11.1. The van der Waals surface area contributed by atoms with Gasteiger partial charge < -0.3 is 4.74 Å². The van der Waals surface area contributed by atoms with Crippen molar-refractivity contribution in [1.82, 2.24) is 0 Å². The van der Waals surface area contributed by atoms with Gasteiger partial charge in [0, 0.05) is 0 Å². The van der Waals surface area contributed by atoms with Crippen molar-refractivity contribution in [1.29, 1.82) is 0 Å². The summed E-state index contributed by atoms with van der Waals surface area (Å²) in [5.41, 5.74) is -0.567. The third kappa shape index (κ3) is 1.04. The van der Waals surface area contributed by atoms with Crippen LogP contribution in [-0.2, 0) is 14.3 Å². The van der Waals surface area contributed by atoms with Gasteiger partial charge in [-0.15, -0.1) is 0 Å². The second kappa shape index (κ2) is 2.57. The van der Waals surface area contributed by atoms with Gasteiger partial charge in [0.25, 0.3) is 0 Å². The lowest BCUT2D eigenvalue weighted by Crippen LogP contribution is -2.61. The van der Waals surface area contributed by atoms with Gasteiger partial charge in [-0.25, -0.2) is 0 Å². The molecule has 3 nitrogen and oxygen atoms in total. The molecule has 0 saturated carbocycles. The Kier molecular flexibility index (Phi) is 1.98. The SMILES string of the molecule is CC(=O)[C@H]1C(=O)O[C@]1(C)C(C)C. The molecule has 0 aromatic heterocycles. The minimum absolute atomic E-state index is 0.0950. The minimum atomic E-state index is -0.567. The summed E-state index contributed by atoms with van der Waals surface area (Å²) in [6.45, 7) is 7.14. The number of cyclic esters (lactones) is 1. The van der Waals surface area contributed by atoms with E-state index in [1.165, 1.54) is 6.92 Å². The Labute approximate surface area is 72.1 Å². The molecule has 1 aliphatic heterocycles. The van der Waals surface area contributed by atoms with E-state index >= 15 is 0 Å². The monoisotopic (exact) mass is 170 g/mol. The van der Waals surface area contributed by atoms with Crippen LogP contribution >= 0.6 is 0 Å². The number of Topliss-reactive ketones (excluding diaryl/α,β-unsaturated/α-hetero) is 1. The lowest BCUT2D eigenvalue weighted by Gasteiger charge is -2.46. The van der Waals surface area contributed by atoms with Gasteiger partial charge in [0.2, 0.25) is 0 Å². The van der Waals surface area contributed by atoms with Crippen molar-refractivity contribution >= 4 is 11.8 Å². The second-order valence-electron chi connectivity index (χ2n) is 3.80. The highest BCUT2D eigenvalue weighted by Gasteiger charge is 2.57. The maximum absolute atomic E-state index is 11.1. The summed E-state index contributed by atoms with van der Waals surface area (Å²) < 4.78 is 5.00. The molecule has 0 aromatic carbocycles. The molecule has 0 N–H and O–H groups in total. The first-order valence-corrected chi connectivity index (χ1v) is 4.13. The van der Waals surface area contributed by atoms with Crippen molar-refractivity contribution < 1.29 is 14.3 Å². The van der Waals surface area contributed by atoms with Crippen molar-refractivity contribution in [3.63, 3.8) is 0 Å². The van der Waals surface area contributed by atoms with E-state index in [0.717, 1.165) is 0 Å². The van der Waals surface area contributed by atoms with E-state index in [-0.39, 0.29) is 17.7 Å². The van der Waals surface area contributed by atoms with Crippen molar-refractivity contribution in [2.45, 2.75) is 33.3 Å². The molecule has 3 heteroatoms. The molecule has 0 unspecified atom stereocenters. The highest BCUT2D eigenvalue weighted by molar-refractivity contribution is 6.03. The zero-order valence-electron chi connectivity index (χ0n) is 7.88. The standard InChI is InChI=1S/C9H14O3/c1-5(2)9(4)7(6(3)10)8(11)12-9/h5,7H,1-4H3/t7-,9+/m0/s1. The summed E-state index contributed by atoms with van der Waals surface area (Å²) in [5.74, 6) is -0.831. The lowest BCUT2D eigenvalue weighted by atomic mass is 9.73. The summed E-state index contributed by atoms with van der Waals surface area (Å²) in [5, 5.41) is 0. The zero-order chi connectivity index (χ0) is 9.52. The third-order valence-corrected chi connectivity index (χ3v) is 2.68. The number of ether oxygens (including phenoxy) is 1. The zero-order valence-corrected chi connectivity index (χ0v) is 7.88. The van der Waals surface area contributed by atoms with Gasteiger partial charge in [0.05, 0.1) is 0 Å². The molecule has 1 heterocycles. The van der Waals surface area contributed by atoms with Crippen LogP contribution in [-0.4, -0.2) is 17.4 Å². The molecule has 1 rings (SSSR count). The second-order valence-corrected chi connectivity index (χ2v) is 3.80. The quantitative estimate of drug-likeness (QED) is 0.461. The molecular weight excluding hydrogens is 156 g/mol. The van der Waals surface area contributed by atoms with E-state index in [1.807, 2.05) is 20.8 Å². The van der Waals surface area contributed by atoms with E-state index in [0.29, 0.717) is 0 Å². The Balaban J connectivity index is 2.84. The minimum Gasteiger partial charge on any atom is -0.457 e. The van der Waals surface area contributed by atoms with E-state index in [1.54, 1.807) is 0 Å². The number of carbonyl (C=O) groups excluding carboxylic acids is 2. The Morgan fingerprint density at radius 1 is 1.58 bits per heavy atom. The van der Waals surface area contributed by atoms with Crippen molar-refractivity contribution in [3.05, 3.63) is 0 Å². The summed E-state index contributed by atoms with van der Waals surface area (Å²) in [6, 6.07) is 0. The smallest absolute Gasteiger partial charge is 0.321 e. The van der Waals surface area contributed by atoms with Gasteiger partial charge in [-0.1, -0.05) is 13.8 Å². The highest BCUT2D eigenvalue weighted by atomic mass is 16.6. The maximum Gasteiger partial charge on any atom is 0.321 e. The number of ketones is 1. The number of hydrogen-bond donors (Lipinski definition) is 0. The van der Waals surface area contributed by atoms with Crippen LogP contribution in [0.3, 0.4) is 0 Å². The summed E-state index contributed by atoms with van der Waals surface area (Å²) in [7, 11) is 0. The Morgan fingerprint density at radius 3 is 2.25 bits per heavy atom. The van der Waals surface area contributed by atoms with Crippen molar-refractivity contribution in [2.24, 2.45) is 11.8 Å². The van der Waals surface area contributed by atoms with Gasteiger partial charge in [0.15, 0.2) is 5.92 Å². The number of esters is 1. The van der Waals surface area contributed by atoms with E-state index in [4.69, 9.17) is 4.74 Å². The molecular formula is C9H14O3. The van der Waals surface area contributed by atoms with Gasteiger partial charge in [-0.2, -0.15) is 0 Å². The van der Waals surface area contributed by atoms with Crippen LogP contribution in [0.15, 0.2) is 0 Å². The third-order valence-electron chi connectivity index (χ3n) is 2.68. The van der Waals surface area contributed by atoms with Crippen molar-refractivity contribution in [3.8, 4) is 0 Å². The molecule has 1 fully saturated rings. The predicted molar refractivity (Wildman–Crippen MR) is 43.5 cm³/mol. The van der Waals surface area contributed by atoms with E-state index < -0.39 is 11.5 Å². The largest absolute Gasteiger partial charge is 0.457 e. The molecule has 0 radical (unpaired) electrons. The Morgan fingerprint density at radius 2 is 2.08 bits per heavy atom. The average Bonchev–Trinajstić information content (AvgIpc) is 1.83. The molecule has 0 amide bonds. The molecule has 0 spiro atoms. The highest BCUT2D eigenvalue weighted by Crippen LogP contribution is 2.40. The molecule has 0 aromatic rings. The van der Waals surface area contributed by atoms with Crippen molar-refractivity contribution in [2.75, 3.05) is 0 Å². The van der Waals surface area contributed by atoms with Crippen LogP contribution < -0.4 is 0 Å². The molecule has 1 aliphatic rings. The molecule has 68 valence electrons. The van der Waals surface area contributed by atoms with E-state index in [9.17, 15) is 9.59 Å². The summed E-state index contributed by atoms with van der Waals surface area (Å²) in [6.07, 6.45) is 0. The summed E-state index contributed by atoms with van der Waals surface area (Å²) in [4.78, 5) is 22.0. The molecule has 0 bridgehead atoms. The van der Waals surface area contributed by atoms with Crippen LogP contribution in [0.1, 0.15) is 27.7 Å². The van der Waals surface area contributed by atoms with E-state index in [2.05, 4.69) is 0 Å². The molecule has 1 saturated heterocycles. The molecule has 12 heavy (non-hydrogen) atoms. The first kappa shape index (κ1) is 9.23. The number of carbonyl (C=O) groups is 2. The van der Waals surface area contributed by atoms with Gasteiger partial charge in [-0.05, 0) is 19.8 Å². The molecule has 2 atom stereocenters. The van der Waals surface area contributed by atoms with Crippen LogP contribution in [0.5, 0.6) is 0 Å². The topological polar surface area (TPSA) is 43.4 Å². The fourth-order valence-corrected chi connectivity index (χ4v) is 1.53. The lowest BCUT2D eigenvalue weighted by molar-refractivity contribution is -0.216. The van der Waals surface area contributed by atoms with Crippen LogP contribution in [0, 0.1) is 11.8 Å². The number of hydrogen-bond acceptors (Lipinski definition) is 3. The Hall–Kier alpha value is -0.860. The van der Waals surface area contributed by atoms with Gasteiger partial charge in [0.1, 0.15) is 11.4 Å². The van der Waals surface area contributed by atoms with Gasteiger partial charge >= 0.3 is 5.97 Å². The number of rotatable bonds is 2. The summed E-state index contributed by atoms with van der Waals surface area (Å²) >= 11 is 0. The fraction of sp³-hybridized carbons (Fsp3) is 0.778. The van der Waals surface area contributed by atoms with Crippen LogP contribution in [0.4, 0.5) is 0 Å². The normalized spacial score (nSPS) is 34.4. The Bertz CT molecular complexity index is 224.